The normalized spacial score (nSPS) is 18.1. The minimum absolute atomic E-state index is 0.0274. The topological polar surface area (TPSA) is 55.1 Å². The lowest BCUT2D eigenvalue weighted by Gasteiger charge is -2.33. The van der Waals surface area contributed by atoms with E-state index in [0.717, 1.165) is 28.4 Å². The first-order chi connectivity index (χ1) is 9.00. The fraction of sp³-hybridized carbons (Fsp3) is 0.533. The van der Waals surface area contributed by atoms with Crippen molar-refractivity contribution < 1.29 is 4.79 Å². The number of halogens is 1. The van der Waals surface area contributed by atoms with Gasteiger partial charge in [0.25, 0.3) is 5.91 Å². The number of benzene rings is 1. The summed E-state index contributed by atoms with van der Waals surface area (Å²) in [6.07, 6.45) is 5.62. The first kappa shape index (κ1) is 14.5. The van der Waals surface area contributed by atoms with Gasteiger partial charge in [-0.05, 0) is 43.5 Å². The van der Waals surface area contributed by atoms with Crippen LogP contribution in [-0.2, 0) is 0 Å². The second-order valence-electron chi connectivity index (χ2n) is 5.56. The Morgan fingerprint density at radius 3 is 2.68 bits per heavy atom. The summed E-state index contributed by atoms with van der Waals surface area (Å²) in [5, 5.41) is 2.99. The van der Waals surface area contributed by atoms with Crippen LogP contribution in [0.1, 0.15) is 48.0 Å². The van der Waals surface area contributed by atoms with Crippen LogP contribution in [0.25, 0.3) is 0 Å². The van der Waals surface area contributed by atoms with Crippen LogP contribution in [0.3, 0.4) is 0 Å². The molecule has 0 saturated heterocycles. The van der Waals surface area contributed by atoms with Gasteiger partial charge in [0.2, 0.25) is 0 Å². The van der Waals surface area contributed by atoms with E-state index in [-0.39, 0.29) is 11.4 Å². The zero-order valence-corrected chi connectivity index (χ0v) is 12.9. The molecule has 104 valence electrons. The highest BCUT2D eigenvalue weighted by Crippen LogP contribution is 2.25. The summed E-state index contributed by atoms with van der Waals surface area (Å²) in [6, 6.07) is 5.69. The number of rotatable bonds is 3. The molecule has 1 saturated carbocycles. The maximum absolute atomic E-state index is 12.2. The van der Waals surface area contributed by atoms with Crippen LogP contribution in [0.4, 0.5) is 0 Å². The lowest BCUT2D eigenvalue weighted by atomic mass is 9.82. The Kier molecular flexibility index (Phi) is 4.63. The molecule has 0 aromatic heterocycles. The molecule has 1 aromatic rings. The van der Waals surface area contributed by atoms with Gasteiger partial charge in [0, 0.05) is 22.1 Å². The first-order valence-electron chi connectivity index (χ1n) is 6.83. The van der Waals surface area contributed by atoms with Crippen LogP contribution in [0.5, 0.6) is 0 Å². The third kappa shape index (κ3) is 3.80. The molecule has 1 aliphatic carbocycles. The van der Waals surface area contributed by atoms with E-state index in [4.69, 9.17) is 5.73 Å². The highest BCUT2D eigenvalue weighted by atomic mass is 79.9. The smallest absolute Gasteiger partial charge is 0.251 e. The molecule has 2 rings (SSSR count). The molecular weight excluding hydrogens is 304 g/mol. The number of carbonyl (C=O) groups excluding carboxylic acids is 1. The van der Waals surface area contributed by atoms with Crippen LogP contribution < -0.4 is 11.1 Å². The van der Waals surface area contributed by atoms with Crippen LogP contribution >= 0.6 is 15.9 Å². The van der Waals surface area contributed by atoms with Crippen LogP contribution in [0.2, 0.25) is 0 Å². The van der Waals surface area contributed by atoms with Crippen molar-refractivity contribution in [1.82, 2.24) is 5.32 Å². The lowest BCUT2D eigenvalue weighted by Crippen LogP contribution is -2.51. The summed E-state index contributed by atoms with van der Waals surface area (Å²) >= 11 is 3.40. The Hall–Kier alpha value is -0.870. The summed E-state index contributed by atoms with van der Waals surface area (Å²) < 4.78 is 0.990. The van der Waals surface area contributed by atoms with Crippen LogP contribution in [-0.4, -0.2) is 18.0 Å². The van der Waals surface area contributed by atoms with Crippen molar-refractivity contribution >= 4 is 21.8 Å². The zero-order chi connectivity index (χ0) is 13.9. The minimum atomic E-state index is -0.211. The molecule has 0 aliphatic heterocycles. The maximum atomic E-state index is 12.2. The predicted molar refractivity (Wildman–Crippen MR) is 81.2 cm³/mol. The molecule has 0 bridgehead atoms. The quantitative estimate of drug-likeness (QED) is 0.897. The van der Waals surface area contributed by atoms with E-state index < -0.39 is 0 Å². The van der Waals surface area contributed by atoms with Crippen molar-refractivity contribution in [1.29, 1.82) is 0 Å². The van der Waals surface area contributed by atoms with E-state index in [9.17, 15) is 4.79 Å². The van der Waals surface area contributed by atoms with Gasteiger partial charge in [0.15, 0.2) is 0 Å². The van der Waals surface area contributed by atoms with E-state index in [1.54, 1.807) is 0 Å². The van der Waals surface area contributed by atoms with Gasteiger partial charge in [-0.3, -0.25) is 4.79 Å². The molecular formula is C15H21BrN2O. The number of aryl methyl sites for hydroxylation is 1. The molecule has 4 heteroatoms. The maximum Gasteiger partial charge on any atom is 0.251 e. The molecule has 0 radical (unpaired) electrons. The Morgan fingerprint density at radius 1 is 1.37 bits per heavy atom. The highest BCUT2D eigenvalue weighted by Gasteiger charge is 2.27. The molecule has 1 aliphatic rings. The van der Waals surface area contributed by atoms with Gasteiger partial charge in [-0.1, -0.05) is 35.2 Å². The van der Waals surface area contributed by atoms with E-state index in [1.165, 1.54) is 19.3 Å². The number of carbonyl (C=O) groups is 1. The van der Waals surface area contributed by atoms with Gasteiger partial charge in [0.05, 0.1) is 0 Å². The van der Waals surface area contributed by atoms with E-state index in [2.05, 4.69) is 21.2 Å². The molecule has 19 heavy (non-hydrogen) atoms. The summed E-state index contributed by atoms with van der Waals surface area (Å²) in [7, 11) is 0. The Labute approximate surface area is 123 Å². The molecule has 1 amide bonds. The van der Waals surface area contributed by atoms with Gasteiger partial charge >= 0.3 is 0 Å². The number of nitrogens with two attached hydrogens (primary N) is 1. The molecule has 1 aromatic carbocycles. The highest BCUT2D eigenvalue weighted by molar-refractivity contribution is 9.10. The zero-order valence-electron chi connectivity index (χ0n) is 11.3. The van der Waals surface area contributed by atoms with Crippen LogP contribution in [0, 0.1) is 6.92 Å². The van der Waals surface area contributed by atoms with Crippen molar-refractivity contribution in [3.63, 3.8) is 0 Å². The third-order valence-corrected chi connectivity index (χ3v) is 4.38. The van der Waals surface area contributed by atoms with Gasteiger partial charge in [-0.2, -0.15) is 0 Å². The minimum Gasteiger partial charge on any atom is -0.350 e. The van der Waals surface area contributed by atoms with E-state index in [0.29, 0.717) is 6.54 Å². The second-order valence-corrected chi connectivity index (χ2v) is 6.48. The molecule has 0 atom stereocenters. The van der Waals surface area contributed by atoms with E-state index >= 15 is 0 Å². The van der Waals surface area contributed by atoms with Crippen molar-refractivity contribution in [2.45, 2.75) is 44.6 Å². The van der Waals surface area contributed by atoms with E-state index in [1.807, 2.05) is 25.1 Å². The summed E-state index contributed by atoms with van der Waals surface area (Å²) in [4.78, 5) is 12.2. The Balaban J connectivity index is 1.97. The number of amides is 1. The van der Waals surface area contributed by atoms with Crippen LogP contribution in [0.15, 0.2) is 22.7 Å². The summed E-state index contributed by atoms with van der Waals surface area (Å²) in [6.45, 7) is 2.51. The Morgan fingerprint density at radius 2 is 2.05 bits per heavy atom. The number of nitrogens with one attached hydrogen (secondary N) is 1. The van der Waals surface area contributed by atoms with Crippen molar-refractivity contribution in [2.24, 2.45) is 5.73 Å². The largest absolute Gasteiger partial charge is 0.350 e. The molecule has 3 nitrogen and oxygen atoms in total. The molecule has 0 unspecified atom stereocenters. The SMILES string of the molecule is Cc1cc(Br)ccc1C(=O)NCC1(N)CCCCC1. The average Bonchev–Trinajstić information content (AvgIpc) is 2.37. The fourth-order valence-corrected chi connectivity index (χ4v) is 3.14. The number of hydrogen-bond acceptors (Lipinski definition) is 2. The summed E-state index contributed by atoms with van der Waals surface area (Å²) in [5.41, 5.74) is 7.81. The monoisotopic (exact) mass is 324 g/mol. The fourth-order valence-electron chi connectivity index (χ4n) is 2.67. The molecule has 0 heterocycles. The average molecular weight is 325 g/mol. The lowest BCUT2D eigenvalue weighted by molar-refractivity contribution is 0.0937. The van der Waals surface area contributed by atoms with Gasteiger partial charge in [-0.15, -0.1) is 0 Å². The molecule has 0 spiro atoms. The Bertz CT molecular complexity index is 467. The van der Waals surface area contributed by atoms with Gasteiger partial charge < -0.3 is 11.1 Å². The van der Waals surface area contributed by atoms with Crippen molar-refractivity contribution in [3.05, 3.63) is 33.8 Å². The van der Waals surface area contributed by atoms with Gasteiger partial charge in [0.1, 0.15) is 0 Å². The predicted octanol–water partition coefficient (Wildman–Crippen LogP) is 3.15. The third-order valence-electron chi connectivity index (χ3n) is 3.88. The summed E-state index contributed by atoms with van der Waals surface area (Å²) in [5.74, 6) is -0.0274. The second kappa shape index (κ2) is 6.06. The number of hydrogen-bond donors (Lipinski definition) is 2. The van der Waals surface area contributed by atoms with Crippen molar-refractivity contribution in [2.75, 3.05) is 6.54 Å². The molecule has 3 N–H and O–H groups in total. The van der Waals surface area contributed by atoms with Gasteiger partial charge in [-0.25, -0.2) is 0 Å². The van der Waals surface area contributed by atoms with Crippen molar-refractivity contribution in [3.8, 4) is 0 Å². The molecule has 1 fully saturated rings. The standard InChI is InChI=1S/C15H21BrN2O/c1-11-9-12(16)5-6-13(11)14(19)18-10-15(17)7-3-2-4-8-15/h5-6,9H,2-4,7-8,10,17H2,1H3,(H,18,19). The first-order valence-corrected chi connectivity index (χ1v) is 7.63.